The van der Waals surface area contributed by atoms with Gasteiger partial charge < -0.3 is 63.2 Å². The fraction of sp³-hybridized carbons (Fsp3) is 0.200. The molecular weight excluding hydrogens is 720 g/mol. The summed E-state index contributed by atoms with van der Waals surface area (Å²) in [5.41, 5.74) is 1.43. The first-order valence-corrected chi connectivity index (χ1v) is 16.8. The monoisotopic (exact) mass is 755 g/mol. The number of carbonyl (C=O) groups excluding carboxylic acids is 1. The van der Waals surface area contributed by atoms with Crippen LogP contribution in [-0.4, -0.2) is 92.9 Å². The Morgan fingerprint density at radius 2 is 1.40 bits per heavy atom. The van der Waals surface area contributed by atoms with E-state index < -0.39 is 43.3 Å². The molecule has 1 aliphatic heterocycles. The van der Waals surface area contributed by atoms with E-state index in [4.69, 9.17) is 32.5 Å². The second kappa shape index (κ2) is 15.1. The zero-order valence-electron chi connectivity index (χ0n) is 29.2. The van der Waals surface area contributed by atoms with Crippen LogP contribution in [0.5, 0.6) is 34.5 Å². The standard InChI is InChI=1S/C40H34O15/c1-49-29-13-21(14-30(50-2)34(29)45)38-39(25-17-26(20-6-10-23(42)11-7-20)52-27-15-24(43)16-28(53-38)33(25)27)55-40-37(48)36(47)35(46)31(54-40)18-51-32(44)12-5-19-3-8-22(41)9-4-19/h3-17,31,35-37,40-42,45-48H,18H2,1-2H3/p+1/b12-5+/t31-,35-,36+,37-,40+/m1/s1. The number of rotatable bonds is 10. The number of aromatic hydroxyl groups is 3. The first-order chi connectivity index (χ1) is 26.4. The van der Waals surface area contributed by atoms with Gasteiger partial charge in [-0.15, -0.1) is 0 Å². The quantitative estimate of drug-likeness (QED) is 0.0657. The number of aliphatic hydroxyl groups is 3. The Balaban J connectivity index is 1.32. The fourth-order valence-corrected chi connectivity index (χ4v) is 6.14. The zero-order chi connectivity index (χ0) is 39.0. The predicted octanol–water partition coefficient (Wildman–Crippen LogP) is 4.09. The van der Waals surface area contributed by atoms with Crippen LogP contribution in [0, 0.1) is 0 Å². The topological polar surface area (TPSA) is 232 Å². The molecule has 3 heterocycles. The first kappa shape index (κ1) is 36.8. The lowest BCUT2D eigenvalue weighted by atomic mass is 9.99. The summed E-state index contributed by atoms with van der Waals surface area (Å²) < 4.78 is 40.9. The van der Waals surface area contributed by atoms with Crippen molar-refractivity contribution in [1.82, 2.24) is 0 Å². The second-order valence-electron chi connectivity index (χ2n) is 12.6. The first-order valence-electron chi connectivity index (χ1n) is 16.8. The number of phenolic OH excluding ortho intramolecular Hbond substituents is 3. The molecule has 7 N–H and O–H groups in total. The van der Waals surface area contributed by atoms with E-state index >= 15 is 0 Å². The van der Waals surface area contributed by atoms with Crippen molar-refractivity contribution in [2.75, 3.05) is 20.8 Å². The van der Waals surface area contributed by atoms with Crippen LogP contribution in [0.25, 0.3) is 50.7 Å². The third-order valence-electron chi connectivity index (χ3n) is 8.97. The molecule has 0 unspecified atom stereocenters. The highest BCUT2D eigenvalue weighted by Gasteiger charge is 2.46. The van der Waals surface area contributed by atoms with E-state index in [-0.39, 0.29) is 68.2 Å². The molecule has 1 fully saturated rings. The molecule has 0 radical (unpaired) electrons. The van der Waals surface area contributed by atoms with Crippen LogP contribution in [0.1, 0.15) is 5.56 Å². The van der Waals surface area contributed by atoms with Gasteiger partial charge in [-0.1, -0.05) is 12.1 Å². The molecule has 6 aromatic rings. The highest BCUT2D eigenvalue weighted by Crippen LogP contribution is 2.48. The lowest BCUT2D eigenvalue weighted by Crippen LogP contribution is -2.60. The molecule has 0 aliphatic carbocycles. The number of esters is 1. The van der Waals surface area contributed by atoms with Gasteiger partial charge in [-0.3, -0.25) is 4.79 Å². The Kier molecular flexibility index (Phi) is 10.1. The minimum absolute atomic E-state index is 0.00154. The van der Waals surface area contributed by atoms with Crippen molar-refractivity contribution in [3.63, 3.8) is 0 Å². The third kappa shape index (κ3) is 7.36. The van der Waals surface area contributed by atoms with Crippen LogP contribution >= 0.6 is 0 Å². The molecule has 0 spiro atoms. The van der Waals surface area contributed by atoms with Crippen LogP contribution in [0.3, 0.4) is 0 Å². The molecule has 15 nitrogen and oxygen atoms in total. The maximum absolute atomic E-state index is 12.6. The molecule has 5 atom stereocenters. The molecule has 4 aromatic carbocycles. The van der Waals surface area contributed by atoms with Crippen molar-refractivity contribution >= 4 is 34.0 Å². The highest BCUT2D eigenvalue weighted by atomic mass is 16.7. The van der Waals surface area contributed by atoms with Crippen molar-refractivity contribution in [3.8, 4) is 57.1 Å². The van der Waals surface area contributed by atoms with Gasteiger partial charge >= 0.3 is 11.4 Å². The molecule has 15 heteroatoms. The molecule has 284 valence electrons. The second-order valence-corrected chi connectivity index (χ2v) is 12.6. The van der Waals surface area contributed by atoms with E-state index in [0.717, 1.165) is 6.08 Å². The zero-order valence-corrected chi connectivity index (χ0v) is 29.2. The van der Waals surface area contributed by atoms with Crippen molar-refractivity contribution in [1.29, 1.82) is 0 Å². The predicted molar refractivity (Wildman–Crippen MR) is 194 cm³/mol. The van der Waals surface area contributed by atoms with Gasteiger partial charge in [0, 0.05) is 22.6 Å². The Morgan fingerprint density at radius 1 is 0.782 bits per heavy atom. The Labute approximate surface area is 311 Å². The molecule has 1 saturated heterocycles. The van der Waals surface area contributed by atoms with E-state index in [1.54, 1.807) is 30.3 Å². The average molecular weight is 756 g/mol. The number of aliphatic hydroxyl groups excluding tert-OH is 3. The van der Waals surface area contributed by atoms with Crippen LogP contribution < -0.4 is 19.6 Å². The third-order valence-corrected chi connectivity index (χ3v) is 8.97. The number of carbonyl (C=O) groups is 1. The Morgan fingerprint density at radius 3 is 2.04 bits per heavy atom. The molecule has 55 heavy (non-hydrogen) atoms. The number of ether oxygens (including phenoxy) is 5. The van der Waals surface area contributed by atoms with Crippen LogP contribution in [0.4, 0.5) is 0 Å². The van der Waals surface area contributed by atoms with Gasteiger partial charge in [0.1, 0.15) is 59.4 Å². The van der Waals surface area contributed by atoms with E-state index in [2.05, 4.69) is 0 Å². The van der Waals surface area contributed by atoms with E-state index in [0.29, 0.717) is 21.9 Å². The van der Waals surface area contributed by atoms with E-state index in [9.17, 15) is 40.2 Å². The summed E-state index contributed by atoms with van der Waals surface area (Å²) in [6, 6.07) is 19.4. The van der Waals surface area contributed by atoms with Gasteiger partial charge in [-0.05, 0) is 66.2 Å². The van der Waals surface area contributed by atoms with Crippen LogP contribution in [0.15, 0.2) is 93.8 Å². The van der Waals surface area contributed by atoms with E-state index in [1.165, 1.54) is 68.8 Å². The number of methoxy groups -OCH3 is 2. The maximum atomic E-state index is 12.6. The lowest BCUT2D eigenvalue weighted by Gasteiger charge is -2.40. The van der Waals surface area contributed by atoms with Gasteiger partial charge in [0.25, 0.3) is 0 Å². The maximum Gasteiger partial charge on any atom is 0.347 e. The van der Waals surface area contributed by atoms with Gasteiger partial charge in [0.15, 0.2) is 23.0 Å². The summed E-state index contributed by atoms with van der Waals surface area (Å²) in [4.78, 5) is 23.3. The summed E-state index contributed by atoms with van der Waals surface area (Å²) in [6.07, 6.45) is -5.92. The van der Waals surface area contributed by atoms with E-state index in [1.807, 2.05) is 0 Å². The highest BCUT2D eigenvalue weighted by molar-refractivity contribution is 6.10. The van der Waals surface area contributed by atoms with Gasteiger partial charge in [0.05, 0.1) is 31.7 Å². The lowest BCUT2D eigenvalue weighted by molar-refractivity contribution is -0.278. The molecule has 7 rings (SSSR count). The normalized spacial score (nSPS) is 19.8. The smallest absolute Gasteiger partial charge is 0.347 e. The number of benzene rings is 4. The minimum atomic E-state index is -1.85. The summed E-state index contributed by atoms with van der Waals surface area (Å²) in [6.45, 7) is -0.556. The molecular formula is C40H35O15+. The summed E-state index contributed by atoms with van der Waals surface area (Å²) in [5.74, 6) is -0.923. The van der Waals surface area contributed by atoms with Crippen LogP contribution in [0.2, 0.25) is 0 Å². The number of hydrogen-bond acceptors (Lipinski definition) is 14. The van der Waals surface area contributed by atoms with Crippen molar-refractivity contribution in [2.24, 2.45) is 0 Å². The summed E-state index contributed by atoms with van der Waals surface area (Å²) in [5, 5.41) is 63.7. The van der Waals surface area contributed by atoms with Crippen molar-refractivity contribution < 1.29 is 72.7 Å². The molecule has 2 aromatic heterocycles. The SMILES string of the molecule is COc1cc(-c2oc3cc(=[OH+])cc4oc(-c5ccc(O)cc5)cc(c2O[C@@H]2O[C@H](COC(=O)/C=C/c5ccc(O)cc5)[C@@H](O)[C@H](O)[C@H]2O)c43)cc(OC)c1O. The molecule has 0 saturated carbocycles. The summed E-state index contributed by atoms with van der Waals surface area (Å²) in [7, 11) is 2.67. The van der Waals surface area contributed by atoms with Crippen molar-refractivity contribution in [3.05, 3.63) is 95.9 Å². The number of phenols is 3. The van der Waals surface area contributed by atoms with Crippen LogP contribution in [-0.2, 0) is 14.3 Å². The average Bonchev–Trinajstić information content (AvgIpc) is 3.18. The molecule has 0 amide bonds. The van der Waals surface area contributed by atoms with Gasteiger partial charge in [-0.25, -0.2) is 4.79 Å². The van der Waals surface area contributed by atoms with Crippen molar-refractivity contribution in [2.45, 2.75) is 30.7 Å². The molecule has 0 bridgehead atoms. The fourth-order valence-electron chi connectivity index (χ4n) is 6.14. The largest absolute Gasteiger partial charge is 0.508 e. The van der Waals surface area contributed by atoms with Gasteiger partial charge in [0.2, 0.25) is 12.0 Å². The minimum Gasteiger partial charge on any atom is -0.508 e. The Hall–Kier alpha value is -6.52. The molecule has 1 aliphatic rings. The van der Waals surface area contributed by atoms with Gasteiger partial charge in [-0.2, -0.15) is 0 Å². The summed E-state index contributed by atoms with van der Waals surface area (Å²) >= 11 is 0. The number of hydrogen-bond donors (Lipinski definition) is 6. The Bertz CT molecular complexity index is 2420.